The molecule has 0 saturated heterocycles. The predicted molar refractivity (Wildman–Crippen MR) is 73.9 cm³/mol. The average molecular weight is 298 g/mol. The lowest BCUT2D eigenvalue weighted by Crippen LogP contribution is -2.23. The number of carboxylic acid groups (broad SMARTS) is 1. The lowest BCUT2D eigenvalue weighted by molar-refractivity contribution is -0.385. The molecule has 0 saturated carbocycles. The fourth-order valence-corrected chi connectivity index (χ4v) is 1.92. The van der Waals surface area contributed by atoms with Crippen molar-refractivity contribution in [2.24, 2.45) is 0 Å². The van der Waals surface area contributed by atoms with E-state index in [0.717, 1.165) is 6.07 Å². The highest BCUT2D eigenvalue weighted by atomic mass is 16.6. The van der Waals surface area contributed by atoms with Gasteiger partial charge in [0.2, 0.25) is 0 Å². The van der Waals surface area contributed by atoms with Crippen molar-refractivity contribution in [3.05, 3.63) is 39.4 Å². The van der Waals surface area contributed by atoms with Gasteiger partial charge in [0.05, 0.1) is 17.4 Å². The molecule has 0 aliphatic rings. The Morgan fingerprint density at radius 2 is 2.10 bits per heavy atom. The van der Waals surface area contributed by atoms with Crippen molar-refractivity contribution in [2.45, 2.75) is 25.0 Å². The summed E-state index contributed by atoms with van der Waals surface area (Å²) >= 11 is 0. The Morgan fingerprint density at radius 1 is 1.43 bits per heavy atom. The molecular formula is C13H18N2O6. The Bertz CT molecular complexity index is 519. The first-order chi connectivity index (χ1) is 9.86. The molecule has 0 aliphatic carbocycles. The predicted octanol–water partition coefficient (Wildman–Crippen LogP) is 0.226. The third-order valence-electron chi connectivity index (χ3n) is 3.04. The Labute approximate surface area is 121 Å². The van der Waals surface area contributed by atoms with Crippen LogP contribution in [0.15, 0.2) is 18.2 Å². The maximum Gasteiger partial charge on any atom is 0.308 e. The van der Waals surface area contributed by atoms with Crippen molar-refractivity contribution < 1.29 is 25.0 Å². The number of aliphatic carboxylic acids is 1. The minimum absolute atomic E-state index is 0.0492. The molecule has 8 heteroatoms. The van der Waals surface area contributed by atoms with Gasteiger partial charge in [0.25, 0.3) is 5.69 Å². The van der Waals surface area contributed by atoms with Gasteiger partial charge in [0, 0.05) is 11.6 Å². The molecule has 0 aromatic heterocycles. The molecule has 0 bridgehead atoms. The molecule has 2 atom stereocenters. The van der Waals surface area contributed by atoms with Crippen LogP contribution in [0, 0.1) is 10.1 Å². The van der Waals surface area contributed by atoms with Gasteiger partial charge >= 0.3 is 5.97 Å². The van der Waals surface area contributed by atoms with Gasteiger partial charge in [-0.3, -0.25) is 14.9 Å². The molecule has 4 N–H and O–H groups in total. The Morgan fingerprint density at radius 3 is 2.62 bits per heavy atom. The lowest BCUT2D eigenvalue weighted by Gasteiger charge is -2.18. The first kappa shape index (κ1) is 17.0. The summed E-state index contributed by atoms with van der Waals surface area (Å²) in [5.41, 5.74) is -0.151. The van der Waals surface area contributed by atoms with Crippen LogP contribution in [0.4, 0.5) is 5.69 Å². The standard InChI is InChI=1S/C13H18N2O6/c1-14-5-4-11(16)13(19)9-3-2-8(7-12(17)18)10(6-9)15(20)21/h2-3,6,11,13-14,16,19H,4-5,7H2,1H3,(H,17,18). The van der Waals surface area contributed by atoms with Crippen molar-refractivity contribution in [2.75, 3.05) is 13.6 Å². The highest BCUT2D eigenvalue weighted by molar-refractivity contribution is 5.72. The van der Waals surface area contributed by atoms with E-state index in [4.69, 9.17) is 5.11 Å². The van der Waals surface area contributed by atoms with Crippen LogP contribution in [0.1, 0.15) is 23.7 Å². The van der Waals surface area contributed by atoms with E-state index in [1.165, 1.54) is 12.1 Å². The fraction of sp³-hybridized carbons (Fsp3) is 0.462. The van der Waals surface area contributed by atoms with Crippen LogP contribution in [-0.4, -0.2) is 45.9 Å². The molecular weight excluding hydrogens is 280 g/mol. The van der Waals surface area contributed by atoms with Crippen LogP contribution in [0.5, 0.6) is 0 Å². The molecule has 21 heavy (non-hydrogen) atoms. The number of carboxylic acids is 1. The van der Waals surface area contributed by atoms with Crippen LogP contribution in [0.25, 0.3) is 0 Å². The maximum absolute atomic E-state index is 11.0. The van der Waals surface area contributed by atoms with E-state index in [-0.39, 0.29) is 23.2 Å². The molecule has 0 aliphatic heterocycles. The number of hydrogen-bond acceptors (Lipinski definition) is 6. The first-order valence-electron chi connectivity index (χ1n) is 6.36. The van der Waals surface area contributed by atoms with Crippen LogP contribution in [-0.2, 0) is 11.2 Å². The Hall–Kier alpha value is -2.03. The molecule has 0 amide bonds. The van der Waals surface area contributed by atoms with Gasteiger partial charge in [-0.25, -0.2) is 0 Å². The third kappa shape index (κ3) is 4.78. The summed E-state index contributed by atoms with van der Waals surface area (Å²) in [5, 5.41) is 42.3. The van der Waals surface area contributed by atoms with Crippen molar-refractivity contribution in [3.8, 4) is 0 Å². The van der Waals surface area contributed by atoms with Crippen LogP contribution >= 0.6 is 0 Å². The van der Waals surface area contributed by atoms with E-state index in [1.807, 2.05) is 0 Å². The van der Waals surface area contributed by atoms with E-state index >= 15 is 0 Å². The second-order valence-corrected chi connectivity index (χ2v) is 4.62. The summed E-state index contributed by atoms with van der Waals surface area (Å²) in [6, 6.07) is 3.78. The quantitative estimate of drug-likeness (QED) is 0.398. The normalized spacial score (nSPS) is 13.7. The summed E-state index contributed by atoms with van der Waals surface area (Å²) in [4.78, 5) is 20.9. The smallest absolute Gasteiger partial charge is 0.308 e. The number of hydrogen-bond donors (Lipinski definition) is 4. The largest absolute Gasteiger partial charge is 0.481 e. The second kappa shape index (κ2) is 7.67. The number of nitrogens with one attached hydrogen (secondary N) is 1. The summed E-state index contributed by atoms with van der Waals surface area (Å²) in [5.74, 6) is -1.18. The molecule has 0 fully saturated rings. The Balaban J connectivity index is 3.01. The monoisotopic (exact) mass is 298 g/mol. The summed E-state index contributed by atoms with van der Waals surface area (Å²) in [7, 11) is 1.70. The number of nitro benzene ring substituents is 1. The van der Waals surface area contributed by atoms with Gasteiger partial charge in [-0.2, -0.15) is 0 Å². The van der Waals surface area contributed by atoms with E-state index < -0.39 is 29.5 Å². The third-order valence-corrected chi connectivity index (χ3v) is 3.04. The van der Waals surface area contributed by atoms with Crippen molar-refractivity contribution >= 4 is 11.7 Å². The molecule has 0 radical (unpaired) electrons. The number of rotatable bonds is 8. The summed E-state index contributed by atoms with van der Waals surface area (Å²) in [6.45, 7) is 0.484. The zero-order valence-electron chi connectivity index (χ0n) is 11.5. The maximum atomic E-state index is 11.0. The molecule has 0 spiro atoms. The number of nitrogens with zero attached hydrogens (tertiary/aromatic N) is 1. The molecule has 1 rings (SSSR count). The van der Waals surface area contributed by atoms with Crippen molar-refractivity contribution in [1.82, 2.24) is 5.32 Å². The molecule has 1 aromatic rings. The lowest BCUT2D eigenvalue weighted by atomic mass is 9.98. The topological polar surface area (TPSA) is 133 Å². The van der Waals surface area contributed by atoms with Gasteiger partial charge in [0.1, 0.15) is 6.10 Å². The molecule has 116 valence electrons. The molecule has 1 aromatic carbocycles. The van der Waals surface area contributed by atoms with Crippen LogP contribution in [0.3, 0.4) is 0 Å². The average Bonchev–Trinajstić information content (AvgIpc) is 2.43. The number of aliphatic hydroxyl groups is 2. The van der Waals surface area contributed by atoms with Crippen LogP contribution in [0.2, 0.25) is 0 Å². The second-order valence-electron chi connectivity index (χ2n) is 4.62. The van der Waals surface area contributed by atoms with Gasteiger partial charge in [0.15, 0.2) is 0 Å². The number of nitro groups is 1. The molecule has 8 nitrogen and oxygen atoms in total. The van der Waals surface area contributed by atoms with E-state index in [9.17, 15) is 25.1 Å². The number of aliphatic hydroxyl groups excluding tert-OH is 2. The van der Waals surface area contributed by atoms with E-state index in [0.29, 0.717) is 6.54 Å². The minimum atomic E-state index is -1.27. The summed E-state index contributed by atoms with van der Waals surface area (Å²) in [6.07, 6.45) is -2.53. The molecule has 0 heterocycles. The van der Waals surface area contributed by atoms with Gasteiger partial charge in [-0.05, 0) is 25.6 Å². The SMILES string of the molecule is CNCCC(O)C(O)c1ccc(CC(=O)O)c([N+](=O)[O-])c1. The number of benzene rings is 1. The Kier molecular flexibility index (Phi) is 6.22. The van der Waals surface area contributed by atoms with Gasteiger partial charge in [-0.1, -0.05) is 12.1 Å². The highest BCUT2D eigenvalue weighted by Crippen LogP contribution is 2.26. The van der Waals surface area contributed by atoms with E-state index in [1.54, 1.807) is 7.05 Å². The summed E-state index contributed by atoms with van der Waals surface area (Å²) < 4.78 is 0. The minimum Gasteiger partial charge on any atom is -0.481 e. The van der Waals surface area contributed by atoms with Crippen LogP contribution < -0.4 is 5.32 Å². The van der Waals surface area contributed by atoms with Crippen molar-refractivity contribution in [3.63, 3.8) is 0 Å². The molecule has 2 unspecified atom stereocenters. The first-order valence-corrected chi connectivity index (χ1v) is 6.36. The van der Waals surface area contributed by atoms with Crippen molar-refractivity contribution in [1.29, 1.82) is 0 Å². The zero-order valence-corrected chi connectivity index (χ0v) is 11.5. The van der Waals surface area contributed by atoms with E-state index in [2.05, 4.69) is 5.32 Å². The number of carbonyl (C=O) groups is 1. The highest BCUT2D eigenvalue weighted by Gasteiger charge is 2.23. The fourth-order valence-electron chi connectivity index (χ4n) is 1.92. The zero-order chi connectivity index (χ0) is 16.0. The van der Waals surface area contributed by atoms with Gasteiger partial charge < -0.3 is 20.6 Å². The van der Waals surface area contributed by atoms with Gasteiger partial charge in [-0.15, -0.1) is 0 Å².